The third kappa shape index (κ3) is 4.95. The lowest BCUT2D eigenvalue weighted by Crippen LogP contribution is -1.98. The summed E-state index contributed by atoms with van der Waals surface area (Å²) in [6, 6.07) is 0. The van der Waals surface area contributed by atoms with Gasteiger partial charge in [0, 0.05) is 0 Å². The molecule has 2 N–H and O–H groups in total. The molecule has 12 heavy (non-hydrogen) atoms. The first-order valence-corrected chi connectivity index (χ1v) is 4.73. The van der Waals surface area contributed by atoms with Crippen molar-refractivity contribution in [1.82, 2.24) is 0 Å². The Labute approximate surface area is 75.7 Å². The van der Waals surface area contributed by atoms with Gasteiger partial charge in [0.15, 0.2) is 0 Å². The van der Waals surface area contributed by atoms with Gasteiger partial charge in [-0.2, -0.15) is 0 Å². The number of allylic oxidation sites excluding steroid dienone is 2. The van der Waals surface area contributed by atoms with E-state index in [0.29, 0.717) is 0 Å². The zero-order chi connectivity index (χ0) is 9.23. The fourth-order valence-electron chi connectivity index (χ4n) is 1.00. The Morgan fingerprint density at radius 2 is 2.17 bits per heavy atom. The zero-order valence-electron chi connectivity index (χ0n) is 8.14. The van der Waals surface area contributed by atoms with Crippen molar-refractivity contribution in [2.45, 2.75) is 33.1 Å². The van der Waals surface area contributed by atoms with Gasteiger partial charge in [-0.1, -0.05) is 19.9 Å². The van der Waals surface area contributed by atoms with Crippen molar-refractivity contribution in [2.75, 3.05) is 6.54 Å². The van der Waals surface area contributed by atoms with Crippen molar-refractivity contribution in [3.05, 3.63) is 29.5 Å². The van der Waals surface area contributed by atoms with Crippen LogP contribution >= 0.6 is 0 Å². The fraction of sp³-hybridized carbons (Fsp3) is 0.545. The van der Waals surface area contributed by atoms with E-state index in [4.69, 9.17) is 5.73 Å². The molecular weight excluding hydrogens is 146 g/mol. The van der Waals surface area contributed by atoms with E-state index in [9.17, 15) is 0 Å². The maximum atomic E-state index is 5.41. The minimum atomic E-state index is 0.740. The molecule has 0 saturated heterocycles. The molecule has 0 unspecified atom stereocenters. The standard InChI is InChI=1S/C9H13N.C2H6/c10-8-7-9-5-3-1-2-4-6-9;1-2/h1,5-6H,2,4,7-8,10H2;1-2H3. The molecule has 0 aromatic heterocycles. The monoisotopic (exact) mass is 165 g/mol. The van der Waals surface area contributed by atoms with E-state index in [-0.39, 0.29) is 0 Å². The summed E-state index contributed by atoms with van der Waals surface area (Å²) < 4.78 is 0. The highest BCUT2D eigenvalue weighted by molar-refractivity contribution is 5.20. The molecule has 0 fully saturated rings. The van der Waals surface area contributed by atoms with Crippen LogP contribution in [-0.2, 0) is 0 Å². The summed E-state index contributed by atoms with van der Waals surface area (Å²) in [4.78, 5) is 0. The second kappa shape index (κ2) is 8.32. The minimum Gasteiger partial charge on any atom is -0.330 e. The van der Waals surface area contributed by atoms with Crippen LogP contribution in [0.4, 0.5) is 0 Å². The van der Waals surface area contributed by atoms with Gasteiger partial charge in [0.1, 0.15) is 0 Å². The molecule has 0 aliphatic heterocycles. The molecule has 0 atom stereocenters. The first kappa shape index (κ1) is 11.2. The van der Waals surface area contributed by atoms with Crippen molar-refractivity contribution in [2.24, 2.45) is 5.73 Å². The third-order valence-corrected chi connectivity index (χ3v) is 1.54. The van der Waals surface area contributed by atoms with Gasteiger partial charge in [-0.15, -0.1) is 5.73 Å². The van der Waals surface area contributed by atoms with Crippen molar-refractivity contribution >= 4 is 0 Å². The van der Waals surface area contributed by atoms with Crippen LogP contribution in [0.5, 0.6) is 0 Å². The molecule has 0 bridgehead atoms. The Balaban J connectivity index is 0.000000561. The number of hydrogen-bond acceptors (Lipinski definition) is 1. The van der Waals surface area contributed by atoms with Crippen LogP contribution in [0, 0.1) is 0 Å². The molecule has 68 valence electrons. The van der Waals surface area contributed by atoms with Crippen LogP contribution < -0.4 is 5.73 Å². The molecule has 0 spiro atoms. The number of rotatable bonds is 2. The highest BCUT2D eigenvalue weighted by Crippen LogP contribution is 2.07. The summed E-state index contributed by atoms with van der Waals surface area (Å²) in [5.41, 5.74) is 9.85. The Kier molecular flexibility index (Phi) is 7.78. The summed E-state index contributed by atoms with van der Waals surface area (Å²) in [5.74, 6) is 0. The van der Waals surface area contributed by atoms with Crippen molar-refractivity contribution in [3.63, 3.8) is 0 Å². The van der Waals surface area contributed by atoms with Gasteiger partial charge in [0.25, 0.3) is 0 Å². The van der Waals surface area contributed by atoms with Gasteiger partial charge in [-0.05, 0) is 43.5 Å². The molecule has 0 aromatic rings. The van der Waals surface area contributed by atoms with E-state index in [0.717, 1.165) is 25.8 Å². The van der Waals surface area contributed by atoms with Crippen molar-refractivity contribution < 1.29 is 0 Å². The molecule has 1 heteroatoms. The summed E-state index contributed by atoms with van der Waals surface area (Å²) in [7, 11) is 0. The van der Waals surface area contributed by atoms with Crippen LogP contribution in [0.25, 0.3) is 0 Å². The Morgan fingerprint density at radius 1 is 1.42 bits per heavy atom. The van der Waals surface area contributed by atoms with E-state index in [1.54, 1.807) is 0 Å². The molecule has 1 aliphatic carbocycles. The Morgan fingerprint density at radius 3 is 2.83 bits per heavy atom. The van der Waals surface area contributed by atoms with E-state index in [1.807, 2.05) is 19.9 Å². The fourth-order valence-corrected chi connectivity index (χ4v) is 1.00. The molecule has 0 heterocycles. The van der Waals surface area contributed by atoms with Crippen LogP contribution in [0.1, 0.15) is 33.1 Å². The molecule has 1 aliphatic rings. The third-order valence-electron chi connectivity index (χ3n) is 1.54. The highest BCUT2D eigenvalue weighted by atomic mass is 14.5. The number of nitrogens with two attached hydrogens (primary N) is 1. The average molecular weight is 165 g/mol. The lowest BCUT2D eigenvalue weighted by molar-refractivity contribution is 0.954. The molecular formula is C11H19N. The lowest BCUT2D eigenvalue weighted by atomic mass is 10.1. The summed E-state index contributed by atoms with van der Waals surface area (Å²) in [5, 5.41) is 0. The van der Waals surface area contributed by atoms with Crippen molar-refractivity contribution in [3.8, 4) is 0 Å². The molecule has 1 nitrogen and oxygen atoms in total. The van der Waals surface area contributed by atoms with E-state index in [1.165, 1.54) is 5.57 Å². The predicted octanol–water partition coefficient (Wildman–Crippen LogP) is 2.79. The smallest absolute Gasteiger partial charge is 0.00366 e. The summed E-state index contributed by atoms with van der Waals surface area (Å²) in [6.07, 6.45) is 9.58. The van der Waals surface area contributed by atoms with Gasteiger partial charge in [0.05, 0.1) is 0 Å². The first-order valence-electron chi connectivity index (χ1n) is 4.73. The first-order chi connectivity index (χ1) is 5.93. The molecule has 0 saturated carbocycles. The minimum absolute atomic E-state index is 0.740. The van der Waals surface area contributed by atoms with Gasteiger partial charge in [-0.25, -0.2) is 0 Å². The normalized spacial score (nSPS) is 14.4. The summed E-state index contributed by atoms with van der Waals surface area (Å²) in [6.45, 7) is 4.74. The van der Waals surface area contributed by atoms with Crippen LogP contribution in [0.3, 0.4) is 0 Å². The van der Waals surface area contributed by atoms with Gasteiger partial charge >= 0.3 is 0 Å². The van der Waals surface area contributed by atoms with Gasteiger partial charge in [-0.3, -0.25) is 0 Å². The topological polar surface area (TPSA) is 26.0 Å². The summed E-state index contributed by atoms with van der Waals surface area (Å²) >= 11 is 0. The highest BCUT2D eigenvalue weighted by Gasteiger charge is 1.91. The molecule has 1 rings (SSSR count). The van der Waals surface area contributed by atoms with Crippen LogP contribution in [0.2, 0.25) is 0 Å². The van der Waals surface area contributed by atoms with Crippen LogP contribution in [0.15, 0.2) is 29.5 Å². The van der Waals surface area contributed by atoms with E-state index < -0.39 is 0 Å². The van der Waals surface area contributed by atoms with E-state index >= 15 is 0 Å². The predicted molar refractivity (Wildman–Crippen MR) is 55.0 cm³/mol. The van der Waals surface area contributed by atoms with Gasteiger partial charge < -0.3 is 5.73 Å². The quantitative estimate of drug-likeness (QED) is 0.626. The second-order valence-corrected chi connectivity index (χ2v) is 2.41. The van der Waals surface area contributed by atoms with E-state index in [2.05, 4.69) is 17.9 Å². The van der Waals surface area contributed by atoms with Gasteiger partial charge in [0.2, 0.25) is 0 Å². The lowest BCUT2D eigenvalue weighted by Gasteiger charge is -1.94. The maximum Gasteiger partial charge on any atom is -0.00366 e. The average Bonchev–Trinajstić information content (AvgIpc) is 2.37. The Hall–Kier alpha value is -0.780. The zero-order valence-corrected chi connectivity index (χ0v) is 8.14. The van der Waals surface area contributed by atoms with Crippen molar-refractivity contribution in [1.29, 1.82) is 0 Å². The molecule has 0 aromatic carbocycles. The maximum absolute atomic E-state index is 5.41. The molecule has 0 radical (unpaired) electrons. The Bertz CT molecular complexity index is 183. The number of hydrogen-bond donors (Lipinski definition) is 1. The molecule has 0 amide bonds. The second-order valence-electron chi connectivity index (χ2n) is 2.41. The SMILES string of the molecule is CC.NCCC1=CCCC=C=C1. The van der Waals surface area contributed by atoms with Crippen LogP contribution in [-0.4, -0.2) is 6.54 Å². The largest absolute Gasteiger partial charge is 0.330 e.